The van der Waals surface area contributed by atoms with E-state index in [9.17, 15) is 4.79 Å². The van der Waals surface area contributed by atoms with Gasteiger partial charge in [0.25, 0.3) is 0 Å². The quantitative estimate of drug-likeness (QED) is 0.795. The Morgan fingerprint density at radius 3 is 2.50 bits per heavy atom. The summed E-state index contributed by atoms with van der Waals surface area (Å²) in [6.45, 7) is 7.09. The van der Waals surface area contributed by atoms with Crippen molar-refractivity contribution in [1.82, 2.24) is 4.90 Å². The van der Waals surface area contributed by atoms with Crippen LogP contribution in [0.5, 0.6) is 0 Å². The van der Waals surface area contributed by atoms with Crippen LogP contribution in [0.15, 0.2) is 0 Å². The fraction of sp³-hybridized carbons (Fsp3) is 0.923. The van der Waals surface area contributed by atoms with Gasteiger partial charge in [0.15, 0.2) is 0 Å². The van der Waals surface area contributed by atoms with Gasteiger partial charge in [-0.25, -0.2) is 0 Å². The van der Waals surface area contributed by atoms with Crippen LogP contribution in [-0.2, 0) is 4.79 Å². The molecule has 1 amide bonds. The first kappa shape index (κ1) is 13.5. The van der Waals surface area contributed by atoms with Gasteiger partial charge in [-0.1, -0.05) is 20.3 Å². The number of carbonyl (C=O) groups is 1. The van der Waals surface area contributed by atoms with E-state index in [0.29, 0.717) is 30.3 Å². The number of nitrogens with two attached hydrogens (primary N) is 1. The first-order chi connectivity index (χ1) is 7.49. The minimum Gasteiger partial charge on any atom is -0.343 e. The third kappa shape index (κ3) is 2.76. The van der Waals surface area contributed by atoms with Gasteiger partial charge in [0.2, 0.25) is 5.91 Å². The topological polar surface area (TPSA) is 46.3 Å². The maximum atomic E-state index is 12.3. The molecule has 0 radical (unpaired) electrons. The number of nitrogens with zero attached hydrogens (tertiary/aromatic N) is 1. The van der Waals surface area contributed by atoms with E-state index in [-0.39, 0.29) is 5.92 Å². The largest absolute Gasteiger partial charge is 0.343 e. The van der Waals surface area contributed by atoms with E-state index in [1.165, 1.54) is 0 Å². The Balaban J connectivity index is 2.62. The molecule has 0 aromatic carbocycles. The zero-order valence-electron chi connectivity index (χ0n) is 11.1. The van der Waals surface area contributed by atoms with Gasteiger partial charge in [-0.3, -0.25) is 4.79 Å². The summed E-state index contributed by atoms with van der Waals surface area (Å²) in [4.78, 5) is 14.3. The lowest BCUT2D eigenvalue weighted by atomic mass is 9.93. The predicted molar refractivity (Wildman–Crippen MR) is 67.0 cm³/mol. The van der Waals surface area contributed by atoms with Gasteiger partial charge in [0.1, 0.15) is 0 Å². The molecule has 0 heterocycles. The van der Waals surface area contributed by atoms with Crippen molar-refractivity contribution in [3.8, 4) is 0 Å². The molecule has 2 N–H and O–H groups in total. The SMILES string of the molecule is CC(C)C(C)N(C)C(=O)C1CCCC1CN. The molecule has 94 valence electrons. The molecule has 3 atom stereocenters. The average Bonchev–Trinajstić information content (AvgIpc) is 2.73. The van der Waals surface area contributed by atoms with Crippen LogP contribution >= 0.6 is 0 Å². The molecule has 0 spiro atoms. The van der Waals surface area contributed by atoms with Crippen molar-refractivity contribution in [2.45, 2.75) is 46.1 Å². The van der Waals surface area contributed by atoms with Crippen LogP contribution in [0.1, 0.15) is 40.0 Å². The minimum absolute atomic E-state index is 0.177. The van der Waals surface area contributed by atoms with E-state index in [1.54, 1.807) is 0 Å². The summed E-state index contributed by atoms with van der Waals surface area (Å²) in [5.41, 5.74) is 5.73. The monoisotopic (exact) mass is 226 g/mol. The molecule has 16 heavy (non-hydrogen) atoms. The summed E-state index contributed by atoms with van der Waals surface area (Å²) in [7, 11) is 1.93. The molecular formula is C13H26N2O. The van der Waals surface area contributed by atoms with Crippen molar-refractivity contribution < 1.29 is 4.79 Å². The summed E-state index contributed by atoms with van der Waals surface area (Å²) in [5, 5.41) is 0. The maximum Gasteiger partial charge on any atom is 0.225 e. The molecule has 1 rings (SSSR count). The van der Waals surface area contributed by atoms with E-state index in [2.05, 4.69) is 20.8 Å². The second-order valence-electron chi connectivity index (χ2n) is 5.47. The van der Waals surface area contributed by atoms with Gasteiger partial charge < -0.3 is 10.6 Å². The summed E-state index contributed by atoms with van der Waals surface area (Å²) in [6, 6.07) is 0.312. The summed E-state index contributed by atoms with van der Waals surface area (Å²) >= 11 is 0. The van der Waals surface area contributed by atoms with Crippen LogP contribution in [0.3, 0.4) is 0 Å². The van der Waals surface area contributed by atoms with E-state index >= 15 is 0 Å². The van der Waals surface area contributed by atoms with Gasteiger partial charge in [-0.2, -0.15) is 0 Å². The van der Waals surface area contributed by atoms with Gasteiger partial charge in [-0.05, 0) is 38.1 Å². The number of hydrogen-bond donors (Lipinski definition) is 1. The van der Waals surface area contributed by atoms with Crippen LogP contribution in [0.2, 0.25) is 0 Å². The molecule has 3 heteroatoms. The highest BCUT2D eigenvalue weighted by Crippen LogP contribution is 2.32. The van der Waals surface area contributed by atoms with Gasteiger partial charge in [0.05, 0.1) is 0 Å². The van der Waals surface area contributed by atoms with Crippen molar-refractivity contribution in [2.24, 2.45) is 23.5 Å². The average molecular weight is 226 g/mol. The van der Waals surface area contributed by atoms with Crippen LogP contribution in [0.25, 0.3) is 0 Å². The van der Waals surface area contributed by atoms with E-state index in [4.69, 9.17) is 5.73 Å². The molecule has 0 aromatic rings. The van der Waals surface area contributed by atoms with E-state index in [0.717, 1.165) is 19.3 Å². The van der Waals surface area contributed by atoms with Gasteiger partial charge in [0, 0.05) is 19.0 Å². The predicted octanol–water partition coefficient (Wildman–Crippen LogP) is 1.86. The number of hydrogen-bond acceptors (Lipinski definition) is 2. The zero-order chi connectivity index (χ0) is 12.3. The van der Waals surface area contributed by atoms with Crippen molar-refractivity contribution >= 4 is 5.91 Å². The Morgan fingerprint density at radius 1 is 1.38 bits per heavy atom. The lowest BCUT2D eigenvalue weighted by molar-refractivity contribution is -0.137. The minimum atomic E-state index is 0.177. The number of carbonyl (C=O) groups excluding carboxylic acids is 1. The van der Waals surface area contributed by atoms with Crippen LogP contribution in [0, 0.1) is 17.8 Å². The summed E-state index contributed by atoms with van der Waals surface area (Å²) in [6.07, 6.45) is 3.30. The second-order valence-corrected chi connectivity index (χ2v) is 5.47. The number of rotatable bonds is 4. The Morgan fingerprint density at radius 2 is 2.00 bits per heavy atom. The number of amides is 1. The van der Waals surface area contributed by atoms with Crippen LogP contribution in [0.4, 0.5) is 0 Å². The molecule has 3 unspecified atom stereocenters. The van der Waals surface area contributed by atoms with Crippen LogP contribution < -0.4 is 5.73 Å². The van der Waals surface area contributed by atoms with Gasteiger partial charge in [-0.15, -0.1) is 0 Å². The first-order valence-electron chi connectivity index (χ1n) is 6.45. The van der Waals surface area contributed by atoms with Crippen molar-refractivity contribution in [3.63, 3.8) is 0 Å². The molecule has 3 nitrogen and oxygen atoms in total. The van der Waals surface area contributed by atoms with Crippen molar-refractivity contribution in [1.29, 1.82) is 0 Å². The fourth-order valence-corrected chi connectivity index (χ4v) is 2.55. The molecule has 1 aliphatic rings. The molecule has 1 aliphatic carbocycles. The molecule has 0 aromatic heterocycles. The third-order valence-corrected chi connectivity index (χ3v) is 4.20. The lowest BCUT2D eigenvalue weighted by Gasteiger charge is -2.31. The smallest absolute Gasteiger partial charge is 0.225 e. The third-order valence-electron chi connectivity index (χ3n) is 4.20. The van der Waals surface area contributed by atoms with E-state index in [1.807, 2.05) is 11.9 Å². The molecular weight excluding hydrogens is 200 g/mol. The Kier molecular flexibility index (Phi) is 4.78. The van der Waals surface area contributed by atoms with Crippen molar-refractivity contribution in [3.05, 3.63) is 0 Å². The normalized spacial score (nSPS) is 27.1. The molecule has 0 aliphatic heterocycles. The Bertz CT molecular complexity index is 240. The summed E-state index contributed by atoms with van der Waals surface area (Å²) in [5.74, 6) is 1.39. The van der Waals surface area contributed by atoms with E-state index < -0.39 is 0 Å². The molecule has 1 fully saturated rings. The highest BCUT2D eigenvalue weighted by Gasteiger charge is 2.35. The van der Waals surface area contributed by atoms with Crippen LogP contribution in [-0.4, -0.2) is 30.4 Å². The molecule has 1 saturated carbocycles. The standard InChI is InChI=1S/C13H26N2O/c1-9(2)10(3)15(4)13(16)12-7-5-6-11(12)8-14/h9-12H,5-8,14H2,1-4H3. The zero-order valence-corrected chi connectivity index (χ0v) is 11.1. The molecule has 0 bridgehead atoms. The lowest BCUT2D eigenvalue weighted by Crippen LogP contribution is -2.43. The Labute approximate surface area is 99.4 Å². The first-order valence-corrected chi connectivity index (χ1v) is 6.45. The van der Waals surface area contributed by atoms with Gasteiger partial charge >= 0.3 is 0 Å². The van der Waals surface area contributed by atoms with Crippen molar-refractivity contribution in [2.75, 3.05) is 13.6 Å². The Hall–Kier alpha value is -0.570. The second kappa shape index (κ2) is 5.67. The highest BCUT2D eigenvalue weighted by molar-refractivity contribution is 5.79. The summed E-state index contributed by atoms with van der Waals surface area (Å²) < 4.78 is 0. The molecule has 0 saturated heterocycles. The highest BCUT2D eigenvalue weighted by atomic mass is 16.2. The fourth-order valence-electron chi connectivity index (χ4n) is 2.55. The maximum absolute atomic E-state index is 12.3.